The predicted molar refractivity (Wildman–Crippen MR) is 109 cm³/mol. The highest BCUT2D eigenvalue weighted by molar-refractivity contribution is 7.99. The first kappa shape index (κ1) is 20.9. The smallest absolute Gasteiger partial charge is 0.304 e. The van der Waals surface area contributed by atoms with E-state index in [1.807, 2.05) is 42.1 Å². The molecule has 2 aromatic carbocycles. The normalized spacial score (nSPS) is 17.3. The molecule has 7 heteroatoms. The van der Waals surface area contributed by atoms with Crippen molar-refractivity contribution < 1.29 is 14.6 Å². The topological polar surface area (TPSA) is 49.8 Å². The number of aliphatic carboxylic acids is 1. The lowest BCUT2D eigenvalue weighted by atomic mass is 10.1. The lowest BCUT2D eigenvalue weighted by Gasteiger charge is -2.32. The van der Waals surface area contributed by atoms with Crippen LogP contribution in [-0.2, 0) is 4.79 Å². The van der Waals surface area contributed by atoms with Crippen LogP contribution in [0.15, 0.2) is 48.5 Å². The standard InChI is InChI=1S/C19H20ClNO3S.ClH/c20-16-3-1-2-4-17(16)24-15-7-5-14(6-8-15)18-13-21(11-12-25-18)10-9-19(22)23;/h1-8,18H,9-13H2,(H,22,23);1H. The maximum Gasteiger partial charge on any atom is 0.304 e. The molecule has 0 saturated carbocycles. The van der Waals surface area contributed by atoms with E-state index in [9.17, 15) is 4.79 Å². The molecule has 26 heavy (non-hydrogen) atoms. The Bertz CT molecular complexity index is 727. The van der Waals surface area contributed by atoms with Gasteiger partial charge in [-0.2, -0.15) is 11.8 Å². The van der Waals surface area contributed by atoms with Crippen molar-refractivity contribution in [2.75, 3.05) is 25.4 Å². The third-order valence-electron chi connectivity index (χ3n) is 4.11. The van der Waals surface area contributed by atoms with Gasteiger partial charge in [-0.05, 0) is 29.8 Å². The molecule has 2 aromatic rings. The Morgan fingerprint density at radius 2 is 1.96 bits per heavy atom. The highest BCUT2D eigenvalue weighted by Crippen LogP contribution is 2.35. The van der Waals surface area contributed by atoms with Gasteiger partial charge in [0.25, 0.3) is 0 Å². The number of benzene rings is 2. The molecule has 1 fully saturated rings. The minimum atomic E-state index is -0.740. The van der Waals surface area contributed by atoms with Crippen molar-refractivity contribution in [1.82, 2.24) is 4.90 Å². The number of thioether (sulfide) groups is 1. The summed E-state index contributed by atoms with van der Waals surface area (Å²) in [5, 5.41) is 9.79. The van der Waals surface area contributed by atoms with E-state index >= 15 is 0 Å². The SMILES string of the molecule is Cl.O=C(O)CCN1CCSC(c2ccc(Oc3ccccc3Cl)cc2)C1. The van der Waals surface area contributed by atoms with E-state index in [2.05, 4.69) is 17.0 Å². The van der Waals surface area contributed by atoms with Crippen LogP contribution in [0, 0.1) is 0 Å². The van der Waals surface area contributed by atoms with Crippen molar-refractivity contribution in [3.63, 3.8) is 0 Å². The van der Waals surface area contributed by atoms with Crippen LogP contribution >= 0.6 is 35.8 Å². The molecular formula is C19H21Cl2NO3S. The number of carboxylic acids is 1. The van der Waals surface area contributed by atoms with Crippen molar-refractivity contribution in [3.05, 3.63) is 59.1 Å². The van der Waals surface area contributed by atoms with Gasteiger partial charge in [-0.15, -0.1) is 12.4 Å². The highest BCUT2D eigenvalue weighted by Gasteiger charge is 2.22. The number of rotatable bonds is 6. The molecule has 1 aliphatic heterocycles. The van der Waals surface area contributed by atoms with Gasteiger partial charge in [0.15, 0.2) is 0 Å². The van der Waals surface area contributed by atoms with E-state index in [4.69, 9.17) is 21.4 Å². The van der Waals surface area contributed by atoms with Crippen LogP contribution in [-0.4, -0.2) is 41.4 Å². The quantitative estimate of drug-likeness (QED) is 0.711. The number of nitrogens with zero attached hydrogens (tertiary/aromatic N) is 1. The average molecular weight is 414 g/mol. The van der Waals surface area contributed by atoms with Crippen molar-refractivity contribution in [2.24, 2.45) is 0 Å². The van der Waals surface area contributed by atoms with E-state index in [1.165, 1.54) is 5.56 Å². The Balaban J connectivity index is 0.00000243. The number of halogens is 2. The molecule has 0 radical (unpaired) electrons. The lowest BCUT2D eigenvalue weighted by molar-refractivity contribution is -0.137. The molecule has 1 heterocycles. The second-order valence-corrected chi connectivity index (χ2v) is 7.62. The highest BCUT2D eigenvalue weighted by atomic mass is 35.5. The zero-order valence-corrected chi connectivity index (χ0v) is 16.5. The molecule has 3 rings (SSSR count). The van der Waals surface area contributed by atoms with Gasteiger partial charge < -0.3 is 14.7 Å². The van der Waals surface area contributed by atoms with Gasteiger partial charge in [0.2, 0.25) is 0 Å². The predicted octanol–water partition coefficient (Wildman–Crippen LogP) is 5.12. The van der Waals surface area contributed by atoms with E-state index in [1.54, 1.807) is 6.07 Å². The summed E-state index contributed by atoms with van der Waals surface area (Å²) in [6, 6.07) is 15.5. The second kappa shape index (κ2) is 10.1. The van der Waals surface area contributed by atoms with E-state index < -0.39 is 5.97 Å². The van der Waals surface area contributed by atoms with Gasteiger partial charge in [0.05, 0.1) is 11.4 Å². The fourth-order valence-corrected chi connectivity index (χ4v) is 4.25. The van der Waals surface area contributed by atoms with Gasteiger partial charge >= 0.3 is 5.97 Å². The maximum absolute atomic E-state index is 10.7. The molecule has 1 saturated heterocycles. The number of carbonyl (C=O) groups is 1. The third kappa shape index (κ3) is 5.81. The maximum atomic E-state index is 10.7. The van der Waals surface area contributed by atoms with Crippen LogP contribution in [0.3, 0.4) is 0 Å². The summed E-state index contributed by atoms with van der Waals surface area (Å²) in [6.45, 7) is 2.44. The molecule has 0 spiro atoms. The summed E-state index contributed by atoms with van der Waals surface area (Å²) in [4.78, 5) is 13.0. The first-order valence-electron chi connectivity index (χ1n) is 8.20. The molecule has 1 N–H and O–H groups in total. The van der Waals surface area contributed by atoms with Gasteiger partial charge in [0, 0.05) is 30.6 Å². The first-order valence-corrected chi connectivity index (χ1v) is 9.62. The Morgan fingerprint density at radius 3 is 2.65 bits per heavy atom. The largest absolute Gasteiger partial charge is 0.481 e. The van der Waals surface area contributed by atoms with Crippen LogP contribution in [0.4, 0.5) is 0 Å². The monoisotopic (exact) mass is 413 g/mol. The fourth-order valence-electron chi connectivity index (χ4n) is 2.77. The lowest BCUT2D eigenvalue weighted by Crippen LogP contribution is -2.35. The summed E-state index contributed by atoms with van der Waals surface area (Å²) in [6.07, 6.45) is 0.196. The molecular weight excluding hydrogens is 393 g/mol. The van der Waals surface area contributed by atoms with E-state index in [0.29, 0.717) is 22.6 Å². The van der Waals surface area contributed by atoms with Crippen molar-refractivity contribution >= 4 is 41.7 Å². The fraction of sp³-hybridized carbons (Fsp3) is 0.316. The first-order chi connectivity index (χ1) is 12.1. The minimum absolute atomic E-state index is 0. The van der Waals surface area contributed by atoms with E-state index in [0.717, 1.165) is 24.6 Å². The Hall–Kier alpha value is -1.40. The van der Waals surface area contributed by atoms with Crippen LogP contribution in [0.1, 0.15) is 17.2 Å². The van der Waals surface area contributed by atoms with Crippen molar-refractivity contribution in [3.8, 4) is 11.5 Å². The van der Waals surface area contributed by atoms with Gasteiger partial charge in [-0.25, -0.2) is 0 Å². The zero-order chi connectivity index (χ0) is 17.6. The molecule has 1 aliphatic rings. The third-order valence-corrected chi connectivity index (χ3v) is 5.66. The van der Waals surface area contributed by atoms with E-state index in [-0.39, 0.29) is 18.8 Å². The Kier molecular flexibility index (Phi) is 8.10. The molecule has 140 valence electrons. The van der Waals surface area contributed by atoms with Crippen LogP contribution < -0.4 is 4.74 Å². The zero-order valence-electron chi connectivity index (χ0n) is 14.1. The summed E-state index contributed by atoms with van der Waals surface area (Å²) < 4.78 is 5.82. The molecule has 0 aromatic heterocycles. The van der Waals surface area contributed by atoms with Crippen molar-refractivity contribution in [2.45, 2.75) is 11.7 Å². The average Bonchev–Trinajstić information content (AvgIpc) is 2.63. The minimum Gasteiger partial charge on any atom is -0.481 e. The van der Waals surface area contributed by atoms with Crippen LogP contribution in [0.25, 0.3) is 0 Å². The number of carboxylic acid groups (broad SMARTS) is 1. The summed E-state index contributed by atoms with van der Waals surface area (Å²) >= 11 is 8.04. The summed E-state index contributed by atoms with van der Waals surface area (Å²) in [5.74, 6) is 1.67. The number of hydrogen-bond donors (Lipinski definition) is 1. The summed E-state index contributed by atoms with van der Waals surface area (Å²) in [7, 11) is 0. The van der Waals surface area contributed by atoms with Gasteiger partial charge in [0.1, 0.15) is 11.5 Å². The van der Waals surface area contributed by atoms with Crippen molar-refractivity contribution in [1.29, 1.82) is 0 Å². The molecule has 1 atom stereocenters. The molecule has 0 amide bonds. The molecule has 1 unspecified atom stereocenters. The molecule has 4 nitrogen and oxygen atoms in total. The van der Waals surface area contributed by atoms with Crippen LogP contribution in [0.5, 0.6) is 11.5 Å². The summed E-state index contributed by atoms with van der Waals surface area (Å²) in [5.41, 5.74) is 1.23. The van der Waals surface area contributed by atoms with Gasteiger partial charge in [-0.1, -0.05) is 35.9 Å². The van der Waals surface area contributed by atoms with Crippen LogP contribution in [0.2, 0.25) is 5.02 Å². The second-order valence-electron chi connectivity index (χ2n) is 5.91. The Morgan fingerprint density at radius 1 is 1.23 bits per heavy atom. The number of ether oxygens (including phenoxy) is 1. The number of para-hydroxylation sites is 1. The molecule has 0 bridgehead atoms. The Labute approximate surface area is 168 Å². The molecule has 0 aliphatic carbocycles. The van der Waals surface area contributed by atoms with Gasteiger partial charge in [-0.3, -0.25) is 4.79 Å². The number of hydrogen-bond acceptors (Lipinski definition) is 4.